The molecule has 0 atom stereocenters. The summed E-state index contributed by atoms with van der Waals surface area (Å²) in [5.74, 6) is 0.557. The van der Waals surface area contributed by atoms with E-state index in [2.05, 4.69) is 10.0 Å². The first-order valence-corrected chi connectivity index (χ1v) is 10.3. The van der Waals surface area contributed by atoms with Crippen LogP contribution < -0.4 is 10.0 Å². The monoisotopic (exact) mass is 384 g/mol. The predicted molar refractivity (Wildman–Crippen MR) is 100 cm³/mol. The van der Waals surface area contributed by atoms with Crippen molar-refractivity contribution in [3.05, 3.63) is 53.6 Å². The van der Waals surface area contributed by atoms with Gasteiger partial charge in [-0.25, -0.2) is 8.42 Å². The predicted octanol–water partition coefficient (Wildman–Crippen LogP) is 3.83. The van der Waals surface area contributed by atoms with Gasteiger partial charge in [-0.1, -0.05) is 11.6 Å². The van der Waals surface area contributed by atoms with Crippen molar-refractivity contribution >= 4 is 50.7 Å². The molecule has 2 N–H and O–H groups in total. The van der Waals surface area contributed by atoms with E-state index in [1.165, 1.54) is 0 Å². The van der Waals surface area contributed by atoms with E-state index in [1.807, 2.05) is 24.3 Å². The minimum Gasteiger partial charge on any atom is -0.326 e. The van der Waals surface area contributed by atoms with Crippen molar-refractivity contribution in [1.29, 1.82) is 0 Å². The summed E-state index contributed by atoms with van der Waals surface area (Å²) >= 11 is 7.40. The Morgan fingerprint density at radius 3 is 2.21 bits per heavy atom. The molecule has 5 nitrogen and oxygen atoms in total. The molecule has 0 radical (unpaired) electrons. The lowest BCUT2D eigenvalue weighted by atomic mass is 10.3. The zero-order chi connectivity index (χ0) is 17.6. The molecule has 0 spiro atoms. The van der Waals surface area contributed by atoms with E-state index in [1.54, 1.807) is 36.0 Å². The van der Waals surface area contributed by atoms with Gasteiger partial charge in [0.15, 0.2) is 0 Å². The number of benzene rings is 2. The van der Waals surface area contributed by atoms with Crippen LogP contribution in [0.5, 0.6) is 0 Å². The highest BCUT2D eigenvalue weighted by Crippen LogP contribution is 2.21. The number of rotatable bonds is 7. The first-order valence-electron chi connectivity index (χ1n) is 7.08. The minimum absolute atomic E-state index is 0.0970. The third-order valence-electron chi connectivity index (χ3n) is 2.88. The number of halogens is 1. The molecule has 0 aliphatic rings. The average molecular weight is 385 g/mol. The third-order valence-corrected chi connectivity index (χ3v) is 4.76. The summed E-state index contributed by atoms with van der Waals surface area (Å²) in [5.41, 5.74) is 1.07. The summed E-state index contributed by atoms with van der Waals surface area (Å²) in [5, 5.41) is 3.46. The Morgan fingerprint density at radius 1 is 1.04 bits per heavy atom. The molecule has 2 rings (SSSR count). The lowest BCUT2D eigenvalue weighted by Crippen LogP contribution is -2.12. The maximum atomic E-state index is 11.9. The Hall–Kier alpha value is -1.70. The molecule has 0 bridgehead atoms. The number of nitrogens with one attached hydrogen (secondary N) is 2. The number of amides is 1. The summed E-state index contributed by atoms with van der Waals surface area (Å²) in [6.07, 6.45) is 1.46. The maximum absolute atomic E-state index is 11.9. The molecule has 0 saturated carbocycles. The van der Waals surface area contributed by atoms with Crippen molar-refractivity contribution in [3.63, 3.8) is 0 Å². The maximum Gasteiger partial charge on any atom is 0.229 e. The fourth-order valence-electron chi connectivity index (χ4n) is 1.85. The van der Waals surface area contributed by atoms with Crippen molar-refractivity contribution in [3.8, 4) is 0 Å². The van der Waals surface area contributed by atoms with Crippen molar-refractivity contribution in [1.82, 2.24) is 0 Å². The van der Waals surface area contributed by atoms with Gasteiger partial charge in [0.2, 0.25) is 15.9 Å². The smallest absolute Gasteiger partial charge is 0.229 e. The zero-order valence-corrected chi connectivity index (χ0v) is 15.3. The third kappa shape index (κ3) is 6.82. The Morgan fingerprint density at radius 2 is 1.62 bits per heavy atom. The van der Waals surface area contributed by atoms with E-state index in [0.29, 0.717) is 28.6 Å². The highest BCUT2D eigenvalue weighted by Gasteiger charge is 2.05. The van der Waals surface area contributed by atoms with Crippen molar-refractivity contribution < 1.29 is 13.2 Å². The van der Waals surface area contributed by atoms with Gasteiger partial charge >= 0.3 is 0 Å². The summed E-state index contributed by atoms with van der Waals surface area (Å²) in [7, 11) is -3.30. The van der Waals surface area contributed by atoms with Gasteiger partial charge in [0.25, 0.3) is 0 Å². The minimum atomic E-state index is -3.30. The van der Waals surface area contributed by atoms with Gasteiger partial charge in [0.05, 0.1) is 6.26 Å². The van der Waals surface area contributed by atoms with Crippen LogP contribution in [0.2, 0.25) is 5.02 Å². The van der Waals surface area contributed by atoms with Crippen LogP contribution in [0.25, 0.3) is 0 Å². The second-order valence-corrected chi connectivity index (χ2v) is 8.41. The summed E-state index contributed by atoms with van der Waals surface area (Å²) < 4.78 is 24.6. The lowest BCUT2D eigenvalue weighted by molar-refractivity contribution is -0.115. The largest absolute Gasteiger partial charge is 0.326 e. The summed E-state index contributed by atoms with van der Waals surface area (Å²) in [6, 6.07) is 14.0. The number of anilines is 2. The Kier molecular flexibility index (Phi) is 6.53. The molecule has 1 amide bonds. The fraction of sp³-hybridized carbons (Fsp3) is 0.188. The highest BCUT2D eigenvalue weighted by molar-refractivity contribution is 7.99. The quantitative estimate of drug-likeness (QED) is 0.711. The summed E-state index contributed by atoms with van der Waals surface area (Å²) in [6.45, 7) is 0. The van der Waals surface area contributed by atoms with E-state index >= 15 is 0 Å². The van der Waals surface area contributed by atoms with Gasteiger partial charge in [-0.2, -0.15) is 0 Å². The molecule has 24 heavy (non-hydrogen) atoms. The van der Waals surface area contributed by atoms with E-state index < -0.39 is 10.0 Å². The lowest BCUT2D eigenvalue weighted by Gasteiger charge is -2.07. The summed E-state index contributed by atoms with van der Waals surface area (Å²) in [4.78, 5) is 13.0. The number of hydrogen-bond acceptors (Lipinski definition) is 4. The van der Waals surface area contributed by atoms with Crippen LogP contribution in [-0.4, -0.2) is 26.3 Å². The van der Waals surface area contributed by atoms with Gasteiger partial charge < -0.3 is 5.32 Å². The molecule has 128 valence electrons. The second-order valence-electron chi connectivity index (χ2n) is 5.05. The Bertz CT molecular complexity index is 791. The standard InChI is InChI=1S/C16H17ClN2O3S2/c1-24(21,22)19-14-6-4-13(5-7-14)18-16(20)10-11-23-15-8-2-12(17)3-9-15/h2-9,19H,10-11H2,1H3,(H,18,20). The first kappa shape index (κ1) is 18.6. The second kappa shape index (κ2) is 8.41. The van der Waals surface area contributed by atoms with Crippen LogP contribution in [0.15, 0.2) is 53.4 Å². The number of carbonyl (C=O) groups is 1. The van der Waals surface area contributed by atoms with Gasteiger partial charge in [0, 0.05) is 33.5 Å². The number of sulfonamides is 1. The van der Waals surface area contributed by atoms with Crippen molar-refractivity contribution in [2.75, 3.05) is 22.0 Å². The van der Waals surface area contributed by atoms with Crippen LogP contribution in [0.3, 0.4) is 0 Å². The number of carbonyl (C=O) groups excluding carboxylic acids is 1. The zero-order valence-electron chi connectivity index (χ0n) is 13.0. The van der Waals surface area contributed by atoms with Crippen LogP contribution >= 0.6 is 23.4 Å². The van der Waals surface area contributed by atoms with Crippen molar-refractivity contribution in [2.24, 2.45) is 0 Å². The SMILES string of the molecule is CS(=O)(=O)Nc1ccc(NC(=O)CCSc2ccc(Cl)cc2)cc1. The molecular weight excluding hydrogens is 368 g/mol. The molecule has 2 aromatic rings. The van der Waals surface area contributed by atoms with Gasteiger partial charge in [0.1, 0.15) is 0 Å². The van der Waals surface area contributed by atoms with Gasteiger partial charge in [-0.05, 0) is 48.5 Å². The molecule has 0 saturated heterocycles. The molecule has 0 aromatic heterocycles. The first-order chi connectivity index (χ1) is 11.3. The van der Waals surface area contributed by atoms with Crippen LogP contribution in [0.1, 0.15) is 6.42 Å². The normalized spacial score (nSPS) is 11.1. The van der Waals surface area contributed by atoms with Gasteiger partial charge in [-0.15, -0.1) is 11.8 Å². The average Bonchev–Trinajstić information content (AvgIpc) is 2.50. The molecule has 8 heteroatoms. The molecule has 2 aromatic carbocycles. The molecule has 0 aliphatic carbocycles. The Balaban J connectivity index is 1.78. The number of hydrogen-bond donors (Lipinski definition) is 2. The van der Waals surface area contributed by atoms with E-state index in [0.717, 1.165) is 11.2 Å². The van der Waals surface area contributed by atoms with Gasteiger partial charge in [-0.3, -0.25) is 9.52 Å². The fourth-order valence-corrected chi connectivity index (χ4v) is 3.39. The molecule has 0 unspecified atom stereocenters. The molecular formula is C16H17ClN2O3S2. The van der Waals surface area contributed by atoms with E-state index in [9.17, 15) is 13.2 Å². The number of thioether (sulfide) groups is 1. The van der Waals surface area contributed by atoms with Crippen molar-refractivity contribution in [2.45, 2.75) is 11.3 Å². The van der Waals surface area contributed by atoms with E-state index in [4.69, 9.17) is 11.6 Å². The van der Waals surface area contributed by atoms with Crippen LogP contribution in [0, 0.1) is 0 Å². The molecule has 0 heterocycles. The highest BCUT2D eigenvalue weighted by atomic mass is 35.5. The Labute approximate surface area is 150 Å². The van der Waals surface area contributed by atoms with Crippen LogP contribution in [-0.2, 0) is 14.8 Å². The molecule has 0 aliphatic heterocycles. The van der Waals surface area contributed by atoms with Crippen LogP contribution in [0.4, 0.5) is 11.4 Å². The van der Waals surface area contributed by atoms with E-state index in [-0.39, 0.29) is 5.91 Å². The molecule has 0 fully saturated rings. The topological polar surface area (TPSA) is 75.3 Å².